The molecule has 0 aliphatic rings. The van der Waals surface area contributed by atoms with E-state index >= 15 is 0 Å². The molecule has 4 nitrogen and oxygen atoms in total. The molecular formula is C12H8ClF2N3O. The van der Waals surface area contributed by atoms with E-state index in [1.54, 1.807) is 0 Å². The van der Waals surface area contributed by atoms with Gasteiger partial charge in [-0.2, -0.15) is 0 Å². The third-order valence-corrected chi connectivity index (χ3v) is 2.68. The Bertz CT molecular complexity index is 649. The predicted molar refractivity (Wildman–Crippen MR) is 68.0 cm³/mol. The van der Waals surface area contributed by atoms with E-state index in [0.717, 1.165) is 6.07 Å². The summed E-state index contributed by atoms with van der Waals surface area (Å²) in [5.41, 5.74) is 4.82. The Kier molecular flexibility index (Phi) is 3.62. The van der Waals surface area contributed by atoms with Crippen LogP contribution >= 0.6 is 11.6 Å². The average molecular weight is 284 g/mol. The van der Waals surface area contributed by atoms with Gasteiger partial charge in [0.2, 0.25) is 0 Å². The highest BCUT2D eigenvalue weighted by Gasteiger charge is 2.16. The molecule has 0 radical (unpaired) electrons. The summed E-state index contributed by atoms with van der Waals surface area (Å²) < 4.78 is 26.5. The molecule has 19 heavy (non-hydrogen) atoms. The minimum absolute atomic E-state index is 0.219. The number of nitrogens with two attached hydrogens (primary N) is 1. The van der Waals surface area contributed by atoms with Crippen LogP contribution in [-0.2, 0) is 0 Å². The summed E-state index contributed by atoms with van der Waals surface area (Å²) >= 11 is 5.82. The van der Waals surface area contributed by atoms with Gasteiger partial charge in [0, 0.05) is 12.3 Å². The largest absolute Gasteiger partial charge is 0.396 e. The van der Waals surface area contributed by atoms with Gasteiger partial charge < -0.3 is 11.1 Å². The lowest BCUT2D eigenvalue weighted by molar-refractivity contribution is 0.102. The Hall–Kier alpha value is -2.21. The maximum Gasteiger partial charge on any atom is 0.258 e. The van der Waals surface area contributed by atoms with Gasteiger partial charge in [-0.1, -0.05) is 11.6 Å². The number of nitrogens with zero attached hydrogens (tertiary/aromatic N) is 1. The second kappa shape index (κ2) is 5.19. The number of hydrogen-bond acceptors (Lipinski definition) is 3. The number of hydrogen-bond donors (Lipinski definition) is 2. The highest BCUT2D eigenvalue weighted by Crippen LogP contribution is 2.22. The fourth-order valence-corrected chi connectivity index (χ4v) is 1.55. The maximum absolute atomic E-state index is 13.5. The molecule has 0 saturated carbocycles. The average Bonchev–Trinajstić information content (AvgIpc) is 2.36. The van der Waals surface area contributed by atoms with Gasteiger partial charge in [-0.15, -0.1) is 0 Å². The molecule has 1 aromatic carbocycles. The first-order chi connectivity index (χ1) is 8.99. The maximum atomic E-state index is 13.5. The fraction of sp³-hybridized carbons (Fsp3) is 0. The van der Waals surface area contributed by atoms with Gasteiger partial charge in [0.25, 0.3) is 5.91 Å². The van der Waals surface area contributed by atoms with E-state index in [-0.39, 0.29) is 22.0 Å². The number of rotatable bonds is 2. The number of nitrogen functional groups attached to an aromatic ring is 1. The molecule has 0 unspecified atom stereocenters. The van der Waals surface area contributed by atoms with Gasteiger partial charge in [0.05, 0.1) is 28.2 Å². The van der Waals surface area contributed by atoms with Crippen LogP contribution in [0.25, 0.3) is 0 Å². The Balaban J connectivity index is 2.31. The molecule has 2 aromatic rings. The number of pyridine rings is 1. The lowest BCUT2D eigenvalue weighted by Crippen LogP contribution is -2.15. The summed E-state index contributed by atoms with van der Waals surface area (Å²) in [5, 5.41) is 2.61. The smallest absolute Gasteiger partial charge is 0.258 e. The number of halogens is 3. The summed E-state index contributed by atoms with van der Waals surface area (Å²) in [6.45, 7) is 0. The quantitative estimate of drug-likeness (QED) is 0.833. The highest BCUT2D eigenvalue weighted by atomic mass is 35.5. The minimum atomic E-state index is -1.01. The van der Waals surface area contributed by atoms with Crippen molar-refractivity contribution in [3.8, 4) is 0 Å². The van der Waals surface area contributed by atoms with Crippen molar-refractivity contribution < 1.29 is 13.6 Å². The van der Waals surface area contributed by atoms with E-state index in [2.05, 4.69) is 10.3 Å². The molecule has 1 amide bonds. The van der Waals surface area contributed by atoms with Gasteiger partial charge in [-0.25, -0.2) is 8.78 Å². The molecule has 0 aliphatic heterocycles. The summed E-state index contributed by atoms with van der Waals surface area (Å²) in [6, 6.07) is 2.94. The third kappa shape index (κ3) is 2.79. The Morgan fingerprint density at radius 3 is 2.74 bits per heavy atom. The number of carbonyl (C=O) groups excluding carboxylic acids is 1. The van der Waals surface area contributed by atoms with E-state index in [1.807, 2.05) is 0 Å². The molecule has 0 fully saturated rings. The predicted octanol–water partition coefficient (Wildman–Crippen LogP) is 2.85. The number of amides is 1. The summed E-state index contributed by atoms with van der Waals surface area (Å²) in [6.07, 6.45) is 2.75. The zero-order valence-electron chi connectivity index (χ0n) is 9.45. The van der Waals surface area contributed by atoms with E-state index in [0.29, 0.717) is 6.07 Å². The van der Waals surface area contributed by atoms with E-state index < -0.39 is 17.5 Å². The van der Waals surface area contributed by atoms with Gasteiger partial charge in [-0.3, -0.25) is 9.78 Å². The topological polar surface area (TPSA) is 68.0 Å². The Morgan fingerprint density at radius 2 is 2.05 bits per heavy atom. The van der Waals surface area contributed by atoms with Crippen molar-refractivity contribution in [2.24, 2.45) is 0 Å². The lowest BCUT2D eigenvalue weighted by atomic mass is 10.1. The normalized spacial score (nSPS) is 10.3. The second-order valence-corrected chi connectivity index (χ2v) is 4.07. The van der Waals surface area contributed by atoms with Crippen LogP contribution in [0.15, 0.2) is 30.6 Å². The van der Waals surface area contributed by atoms with Gasteiger partial charge in [-0.05, 0) is 12.1 Å². The molecular weight excluding hydrogens is 276 g/mol. The molecule has 7 heteroatoms. The molecule has 1 aromatic heterocycles. The van der Waals surface area contributed by atoms with Crippen molar-refractivity contribution in [3.63, 3.8) is 0 Å². The minimum Gasteiger partial charge on any atom is -0.396 e. The van der Waals surface area contributed by atoms with Crippen LogP contribution in [0.2, 0.25) is 5.02 Å². The third-order valence-electron chi connectivity index (χ3n) is 2.35. The SMILES string of the molecule is Nc1cc(C(=O)Nc2cnccc2Cl)c(F)cc1F. The highest BCUT2D eigenvalue weighted by molar-refractivity contribution is 6.33. The molecule has 0 atom stereocenters. The zero-order chi connectivity index (χ0) is 14.0. The molecule has 3 N–H and O–H groups in total. The number of aromatic nitrogens is 1. The lowest BCUT2D eigenvalue weighted by Gasteiger charge is -2.08. The van der Waals surface area contributed by atoms with Crippen LogP contribution in [0, 0.1) is 11.6 Å². The van der Waals surface area contributed by atoms with Crippen molar-refractivity contribution in [2.75, 3.05) is 11.1 Å². The van der Waals surface area contributed by atoms with Crippen molar-refractivity contribution in [2.45, 2.75) is 0 Å². The van der Waals surface area contributed by atoms with Crippen LogP contribution in [0.4, 0.5) is 20.2 Å². The molecule has 0 spiro atoms. The molecule has 1 heterocycles. The standard InChI is InChI=1S/C12H8ClF2N3O/c13-7-1-2-17-5-11(7)18-12(19)6-3-10(16)9(15)4-8(6)14/h1-5H,16H2,(H,18,19). The summed E-state index contributed by atoms with van der Waals surface area (Å²) in [4.78, 5) is 15.6. The van der Waals surface area contributed by atoms with E-state index in [1.165, 1.54) is 18.5 Å². The number of anilines is 2. The molecule has 0 saturated heterocycles. The number of nitrogens with one attached hydrogen (secondary N) is 1. The van der Waals surface area contributed by atoms with Gasteiger partial charge in [0.1, 0.15) is 11.6 Å². The van der Waals surface area contributed by atoms with Crippen LogP contribution in [0.1, 0.15) is 10.4 Å². The van der Waals surface area contributed by atoms with Crippen LogP contribution in [0.3, 0.4) is 0 Å². The molecule has 0 bridgehead atoms. The van der Waals surface area contributed by atoms with E-state index in [4.69, 9.17) is 17.3 Å². The van der Waals surface area contributed by atoms with Gasteiger partial charge >= 0.3 is 0 Å². The fourth-order valence-electron chi connectivity index (χ4n) is 1.40. The summed E-state index contributed by atoms with van der Waals surface area (Å²) in [7, 11) is 0. The number of carbonyl (C=O) groups is 1. The Morgan fingerprint density at radius 1 is 1.32 bits per heavy atom. The molecule has 2 rings (SSSR count). The first kappa shape index (κ1) is 13.2. The van der Waals surface area contributed by atoms with Gasteiger partial charge in [0.15, 0.2) is 0 Å². The van der Waals surface area contributed by atoms with Crippen LogP contribution in [0.5, 0.6) is 0 Å². The second-order valence-electron chi connectivity index (χ2n) is 3.66. The van der Waals surface area contributed by atoms with E-state index in [9.17, 15) is 13.6 Å². The first-order valence-electron chi connectivity index (χ1n) is 5.14. The molecule has 98 valence electrons. The van der Waals surface area contributed by atoms with Crippen molar-refractivity contribution in [1.29, 1.82) is 0 Å². The van der Waals surface area contributed by atoms with Crippen LogP contribution < -0.4 is 11.1 Å². The van der Waals surface area contributed by atoms with Crippen molar-refractivity contribution in [3.05, 3.63) is 52.8 Å². The van der Waals surface area contributed by atoms with Crippen molar-refractivity contribution in [1.82, 2.24) is 4.98 Å². The summed E-state index contributed by atoms with van der Waals surface area (Å²) in [5.74, 6) is -2.73. The monoisotopic (exact) mass is 283 g/mol. The first-order valence-corrected chi connectivity index (χ1v) is 5.52. The number of benzene rings is 1. The zero-order valence-corrected chi connectivity index (χ0v) is 10.2. The van der Waals surface area contributed by atoms with Crippen LogP contribution in [-0.4, -0.2) is 10.9 Å². The molecule has 0 aliphatic carbocycles. The van der Waals surface area contributed by atoms with Crippen molar-refractivity contribution >= 4 is 28.9 Å². The Labute approximate surface area is 112 Å².